The van der Waals surface area contributed by atoms with Gasteiger partial charge in [0.25, 0.3) is 5.91 Å². The van der Waals surface area contributed by atoms with E-state index in [4.69, 9.17) is 10.2 Å². The normalized spacial score (nSPS) is 16.0. The largest absolute Gasteiger partial charge is 0.467 e. The van der Waals surface area contributed by atoms with E-state index < -0.39 is 0 Å². The number of hydrogen-bond donors (Lipinski definition) is 1. The van der Waals surface area contributed by atoms with Gasteiger partial charge in [-0.15, -0.1) is 0 Å². The lowest BCUT2D eigenvalue weighted by molar-refractivity contribution is 0.0488. The molecule has 0 saturated heterocycles. The minimum Gasteiger partial charge on any atom is -0.467 e. The molecule has 1 fully saturated rings. The van der Waals surface area contributed by atoms with E-state index in [1.807, 2.05) is 4.90 Å². The van der Waals surface area contributed by atoms with Gasteiger partial charge in [0.1, 0.15) is 12.0 Å². The van der Waals surface area contributed by atoms with E-state index in [-0.39, 0.29) is 11.9 Å². The number of carbonyl (C=O) groups excluding carboxylic acids is 1. The maximum absolute atomic E-state index is 12.4. The Morgan fingerprint density at radius 3 is 2.71 bits per heavy atom. The molecule has 0 radical (unpaired) electrons. The summed E-state index contributed by atoms with van der Waals surface area (Å²) in [6, 6.07) is 2.37. The van der Waals surface area contributed by atoms with Gasteiger partial charge in [0, 0.05) is 12.1 Å². The Morgan fingerprint density at radius 1 is 1.59 bits per heavy atom. The molecule has 1 aromatic heterocycles. The van der Waals surface area contributed by atoms with Crippen LogP contribution in [0.1, 0.15) is 49.2 Å². The van der Waals surface area contributed by atoms with Crippen molar-refractivity contribution in [1.29, 1.82) is 0 Å². The van der Waals surface area contributed by atoms with Crippen LogP contribution in [0.3, 0.4) is 0 Å². The Bertz CT molecular complexity index is 394. The van der Waals surface area contributed by atoms with Crippen molar-refractivity contribution in [2.24, 2.45) is 5.73 Å². The van der Waals surface area contributed by atoms with Crippen molar-refractivity contribution in [1.82, 2.24) is 4.90 Å². The smallest absolute Gasteiger partial charge is 0.257 e. The molecule has 2 rings (SSSR count). The highest BCUT2D eigenvalue weighted by Crippen LogP contribution is 2.28. The molecule has 1 amide bonds. The highest BCUT2D eigenvalue weighted by atomic mass is 16.3. The molecule has 2 N–H and O–H groups in total. The lowest BCUT2D eigenvalue weighted by atomic mass is 9.90. The number of nitrogens with two attached hydrogens (primary N) is 1. The number of carbonyl (C=O) groups is 1. The number of rotatable bonds is 4. The molecule has 0 spiro atoms. The second kappa shape index (κ2) is 4.92. The fourth-order valence-corrected chi connectivity index (χ4v) is 2.24. The monoisotopic (exact) mass is 236 g/mol. The minimum absolute atomic E-state index is 0.0631. The van der Waals surface area contributed by atoms with Gasteiger partial charge in [0.2, 0.25) is 0 Å². The van der Waals surface area contributed by atoms with Crippen LogP contribution < -0.4 is 5.73 Å². The lowest BCUT2D eigenvalue weighted by Gasteiger charge is -2.40. The third-order valence-electron chi connectivity index (χ3n) is 3.36. The van der Waals surface area contributed by atoms with E-state index in [0.717, 1.165) is 12.8 Å². The number of amides is 1. The Hall–Kier alpha value is -1.29. The van der Waals surface area contributed by atoms with Gasteiger partial charge in [-0.1, -0.05) is 0 Å². The number of nitrogens with zero attached hydrogens (tertiary/aromatic N) is 1. The van der Waals surface area contributed by atoms with E-state index in [1.54, 1.807) is 6.07 Å². The second-order valence-electron chi connectivity index (χ2n) is 4.90. The van der Waals surface area contributed by atoms with Crippen molar-refractivity contribution in [2.45, 2.75) is 51.7 Å². The first-order chi connectivity index (χ1) is 8.13. The Balaban J connectivity index is 2.15. The zero-order chi connectivity index (χ0) is 12.4. The molecule has 17 heavy (non-hydrogen) atoms. The molecule has 0 bridgehead atoms. The Kier molecular flexibility index (Phi) is 3.52. The van der Waals surface area contributed by atoms with Gasteiger partial charge in [0.15, 0.2) is 0 Å². The topological polar surface area (TPSA) is 59.5 Å². The van der Waals surface area contributed by atoms with Crippen molar-refractivity contribution < 1.29 is 9.21 Å². The van der Waals surface area contributed by atoms with Gasteiger partial charge in [-0.3, -0.25) is 4.79 Å². The predicted molar refractivity (Wildman–Crippen MR) is 65.5 cm³/mol. The van der Waals surface area contributed by atoms with Crippen LogP contribution in [0, 0.1) is 0 Å². The quantitative estimate of drug-likeness (QED) is 0.871. The van der Waals surface area contributed by atoms with Crippen molar-refractivity contribution in [3.05, 3.63) is 23.7 Å². The molecule has 0 atom stereocenters. The SMILES string of the molecule is CC(C)N(C(=O)c1coc(CN)c1)C1CCC1. The highest BCUT2D eigenvalue weighted by Gasteiger charge is 2.31. The summed E-state index contributed by atoms with van der Waals surface area (Å²) in [5.74, 6) is 0.721. The van der Waals surface area contributed by atoms with E-state index in [2.05, 4.69) is 13.8 Å². The van der Waals surface area contributed by atoms with Gasteiger partial charge >= 0.3 is 0 Å². The number of furan rings is 1. The first-order valence-corrected chi connectivity index (χ1v) is 6.23. The summed E-state index contributed by atoms with van der Waals surface area (Å²) < 4.78 is 5.22. The minimum atomic E-state index is 0.0631. The van der Waals surface area contributed by atoms with E-state index in [1.165, 1.54) is 12.7 Å². The Labute approximate surface area is 102 Å². The predicted octanol–water partition coefficient (Wildman–Crippen LogP) is 2.14. The zero-order valence-corrected chi connectivity index (χ0v) is 10.5. The van der Waals surface area contributed by atoms with Gasteiger partial charge in [0.05, 0.1) is 12.1 Å². The molecule has 1 aliphatic rings. The third kappa shape index (κ3) is 2.36. The fraction of sp³-hybridized carbons (Fsp3) is 0.615. The summed E-state index contributed by atoms with van der Waals surface area (Å²) in [4.78, 5) is 14.3. The molecule has 4 nitrogen and oxygen atoms in total. The first kappa shape index (κ1) is 12.2. The summed E-state index contributed by atoms with van der Waals surface area (Å²) >= 11 is 0. The van der Waals surface area contributed by atoms with Crippen LogP contribution in [-0.4, -0.2) is 22.9 Å². The first-order valence-electron chi connectivity index (χ1n) is 6.23. The number of hydrogen-bond acceptors (Lipinski definition) is 3. The lowest BCUT2D eigenvalue weighted by Crippen LogP contribution is -2.48. The molecule has 1 heterocycles. The molecule has 0 aliphatic heterocycles. The zero-order valence-electron chi connectivity index (χ0n) is 10.5. The maximum atomic E-state index is 12.4. The summed E-state index contributed by atoms with van der Waals surface area (Å²) in [5, 5.41) is 0. The molecule has 1 saturated carbocycles. The Morgan fingerprint density at radius 2 is 2.29 bits per heavy atom. The van der Waals surface area contributed by atoms with Crippen LogP contribution >= 0.6 is 0 Å². The second-order valence-corrected chi connectivity index (χ2v) is 4.90. The molecule has 0 unspecified atom stereocenters. The average molecular weight is 236 g/mol. The van der Waals surface area contributed by atoms with E-state index in [0.29, 0.717) is 23.9 Å². The summed E-state index contributed by atoms with van der Waals surface area (Å²) in [6.07, 6.45) is 4.97. The van der Waals surface area contributed by atoms with Crippen LogP contribution in [0.25, 0.3) is 0 Å². The van der Waals surface area contributed by atoms with Gasteiger partial charge in [-0.05, 0) is 39.2 Å². The average Bonchev–Trinajstić information content (AvgIpc) is 2.70. The molecule has 1 aliphatic carbocycles. The maximum Gasteiger partial charge on any atom is 0.257 e. The van der Waals surface area contributed by atoms with Crippen LogP contribution in [0.2, 0.25) is 0 Å². The molecule has 4 heteroatoms. The summed E-state index contributed by atoms with van der Waals surface area (Å²) in [7, 11) is 0. The van der Waals surface area contributed by atoms with Crippen LogP contribution in [0.4, 0.5) is 0 Å². The summed E-state index contributed by atoms with van der Waals surface area (Å²) in [5.41, 5.74) is 6.09. The van der Waals surface area contributed by atoms with Crippen molar-refractivity contribution in [3.8, 4) is 0 Å². The van der Waals surface area contributed by atoms with Crippen molar-refractivity contribution in [2.75, 3.05) is 0 Å². The van der Waals surface area contributed by atoms with Crippen molar-refractivity contribution >= 4 is 5.91 Å². The van der Waals surface area contributed by atoms with Gasteiger partial charge in [-0.25, -0.2) is 0 Å². The molecular weight excluding hydrogens is 216 g/mol. The van der Waals surface area contributed by atoms with Crippen LogP contribution in [0.15, 0.2) is 16.7 Å². The van der Waals surface area contributed by atoms with E-state index >= 15 is 0 Å². The van der Waals surface area contributed by atoms with Crippen molar-refractivity contribution in [3.63, 3.8) is 0 Å². The van der Waals surface area contributed by atoms with Gasteiger partial charge < -0.3 is 15.1 Å². The van der Waals surface area contributed by atoms with Crippen LogP contribution in [0.5, 0.6) is 0 Å². The fourth-order valence-electron chi connectivity index (χ4n) is 2.24. The molecule has 0 aromatic carbocycles. The standard InChI is InChI=1S/C13H20N2O2/c1-9(2)15(11-4-3-5-11)13(16)10-6-12(7-14)17-8-10/h6,8-9,11H,3-5,7,14H2,1-2H3. The van der Waals surface area contributed by atoms with E-state index in [9.17, 15) is 4.79 Å². The van der Waals surface area contributed by atoms with Gasteiger partial charge in [-0.2, -0.15) is 0 Å². The van der Waals surface area contributed by atoms with Crippen LogP contribution in [-0.2, 0) is 6.54 Å². The molecule has 1 aromatic rings. The third-order valence-corrected chi connectivity index (χ3v) is 3.36. The highest BCUT2D eigenvalue weighted by molar-refractivity contribution is 5.94. The summed E-state index contributed by atoms with van der Waals surface area (Å²) in [6.45, 7) is 4.44. The molecular formula is C13H20N2O2. The molecule has 94 valence electrons.